The molecule has 1 aromatic heterocycles. The van der Waals surface area contributed by atoms with E-state index in [9.17, 15) is 4.79 Å². The summed E-state index contributed by atoms with van der Waals surface area (Å²) in [5.74, 6) is 0.194. The Bertz CT molecular complexity index is 401. The summed E-state index contributed by atoms with van der Waals surface area (Å²) in [6.07, 6.45) is 5.03. The third-order valence-corrected chi connectivity index (χ3v) is 3.44. The summed E-state index contributed by atoms with van der Waals surface area (Å²) < 4.78 is 1.99. The molecule has 0 atom stereocenters. The maximum absolute atomic E-state index is 11.3. The van der Waals surface area contributed by atoms with Crippen molar-refractivity contribution in [2.24, 2.45) is 0 Å². The minimum atomic E-state index is 0.194. The second-order valence-corrected chi connectivity index (χ2v) is 4.98. The second kappa shape index (κ2) is 6.00. The Morgan fingerprint density at radius 2 is 2.11 bits per heavy atom. The van der Waals surface area contributed by atoms with Crippen molar-refractivity contribution in [2.45, 2.75) is 26.8 Å². The van der Waals surface area contributed by atoms with Crippen molar-refractivity contribution >= 4 is 5.91 Å². The van der Waals surface area contributed by atoms with Crippen LogP contribution in [0.2, 0.25) is 0 Å². The quantitative estimate of drug-likeness (QED) is 0.795. The largest absolute Gasteiger partial charge is 0.342 e. The molecule has 0 radical (unpaired) electrons. The van der Waals surface area contributed by atoms with E-state index in [0.29, 0.717) is 0 Å². The first-order valence-corrected chi connectivity index (χ1v) is 6.62. The summed E-state index contributed by atoms with van der Waals surface area (Å²) in [5.41, 5.74) is 1.20. The van der Waals surface area contributed by atoms with Crippen LogP contribution in [0.4, 0.5) is 0 Å². The fraction of sp³-hybridized carbons (Fsp3) is 0.692. The number of carbonyl (C=O) groups excluding carboxylic acids is 1. The molecule has 2 heterocycles. The molecule has 2 rings (SSSR count). The molecule has 0 unspecified atom stereocenters. The average Bonchev–Trinajstić information content (AvgIpc) is 2.62. The summed E-state index contributed by atoms with van der Waals surface area (Å²) in [6, 6.07) is 0. The molecule has 0 spiro atoms. The highest BCUT2D eigenvalue weighted by molar-refractivity contribution is 5.73. The van der Waals surface area contributed by atoms with E-state index >= 15 is 0 Å². The fourth-order valence-electron chi connectivity index (χ4n) is 2.34. The molecule has 1 fully saturated rings. The molecule has 1 aromatic rings. The molecule has 0 saturated carbocycles. The highest BCUT2D eigenvalue weighted by Crippen LogP contribution is 2.04. The van der Waals surface area contributed by atoms with Gasteiger partial charge in [-0.2, -0.15) is 5.10 Å². The lowest BCUT2D eigenvalue weighted by Gasteiger charge is -2.20. The molecule has 1 amide bonds. The van der Waals surface area contributed by atoms with Crippen LogP contribution in [0.3, 0.4) is 0 Å². The smallest absolute Gasteiger partial charge is 0.219 e. The zero-order valence-electron chi connectivity index (χ0n) is 11.3. The Labute approximate surface area is 108 Å². The van der Waals surface area contributed by atoms with Crippen molar-refractivity contribution in [1.82, 2.24) is 19.6 Å². The van der Waals surface area contributed by atoms with Crippen molar-refractivity contribution < 1.29 is 4.79 Å². The summed E-state index contributed by atoms with van der Waals surface area (Å²) in [4.78, 5) is 15.7. The van der Waals surface area contributed by atoms with Gasteiger partial charge in [-0.15, -0.1) is 0 Å². The first-order chi connectivity index (χ1) is 8.65. The Hall–Kier alpha value is -1.36. The van der Waals surface area contributed by atoms with Gasteiger partial charge >= 0.3 is 0 Å². The third-order valence-electron chi connectivity index (χ3n) is 3.44. The molecular formula is C13H22N4O. The van der Waals surface area contributed by atoms with Crippen molar-refractivity contribution in [3.05, 3.63) is 18.0 Å². The van der Waals surface area contributed by atoms with Crippen LogP contribution in [0.25, 0.3) is 0 Å². The third kappa shape index (κ3) is 3.57. The van der Waals surface area contributed by atoms with E-state index in [4.69, 9.17) is 0 Å². The van der Waals surface area contributed by atoms with Crippen LogP contribution in [-0.4, -0.2) is 58.2 Å². The molecule has 0 aromatic carbocycles. The predicted molar refractivity (Wildman–Crippen MR) is 70.3 cm³/mol. The van der Waals surface area contributed by atoms with Crippen LogP contribution in [-0.2, 0) is 11.3 Å². The standard InChI is InChI=1S/C13H22N4O/c1-12-10-14-17(11-12)9-7-15-4-3-5-16(8-6-15)13(2)18/h10-11H,3-9H2,1-2H3. The number of rotatable bonds is 3. The molecule has 1 aliphatic heterocycles. The van der Waals surface area contributed by atoms with E-state index < -0.39 is 0 Å². The van der Waals surface area contributed by atoms with E-state index in [2.05, 4.69) is 23.1 Å². The highest BCUT2D eigenvalue weighted by Gasteiger charge is 2.16. The van der Waals surface area contributed by atoms with Gasteiger partial charge < -0.3 is 4.90 Å². The zero-order valence-corrected chi connectivity index (χ0v) is 11.3. The summed E-state index contributed by atoms with van der Waals surface area (Å²) in [5, 5.41) is 4.29. The predicted octanol–water partition coefficient (Wildman–Crippen LogP) is 0.746. The summed E-state index contributed by atoms with van der Waals surface area (Å²) in [7, 11) is 0. The minimum absolute atomic E-state index is 0.194. The number of nitrogens with zero attached hydrogens (tertiary/aromatic N) is 4. The van der Waals surface area contributed by atoms with Gasteiger partial charge in [-0.3, -0.25) is 14.4 Å². The topological polar surface area (TPSA) is 41.4 Å². The average molecular weight is 250 g/mol. The van der Waals surface area contributed by atoms with Gasteiger partial charge in [-0.1, -0.05) is 0 Å². The zero-order chi connectivity index (χ0) is 13.0. The fourth-order valence-corrected chi connectivity index (χ4v) is 2.34. The van der Waals surface area contributed by atoms with Crippen LogP contribution >= 0.6 is 0 Å². The van der Waals surface area contributed by atoms with Gasteiger partial charge in [-0.05, 0) is 25.5 Å². The maximum atomic E-state index is 11.3. The van der Waals surface area contributed by atoms with Gasteiger partial charge in [0.1, 0.15) is 0 Å². The van der Waals surface area contributed by atoms with Gasteiger partial charge in [0.05, 0.1) is 12.7 Å². The van der Waals surface area contributed by atoms with Crippen LogP contribution in [0.1, 0.15) is 18.9 Å². The van der Waals surface area contributed by atoms with Crippen LogP contribution in [0, 0.1) is 6.92 Å². The number of amides is 1. The van der Waals surface area contributed by atoms with Crippen LogP contribution in [0.5, 0.6) is 0 Å². The number of carbonyl (C=O) groups is 1. The first kappa shape index (κ1) is 13.1. The Morgan fingerprint density at radius 1 is 1.28 bits per heavy atom. The molecule has 100 valence electrons. The van der Waals surface area contributed by atoms with Crippen molar-refractivity contribution in [2.75, 3.05) is 32.7 Å². The second-order valence-electron chi connectivity index (χ2n) is 4.98. The maximum Gasteiger partial charge on any atom is 0.219 e. The number of aromatic nitrogens is 2. The minimum Gasteiger partial charge on any atom is -0.342 e. The van der Waals surface area contributed by atoms with Crippen LogP contribution in [0.15, 0.2) is 12.4 Å². The van der Waals surface area contributed by atoms with E-state index in [1.54, 1.807) is 6.92 Å². The molecule has 1 saturated heterocycles. The van der Waals surface area contributed by atoms with E-state index in [0.717, 1.165) is 45.7 Å². The van der Waals surface area contributed by atoms with Crippen molar-refractivity contribution in [1.29, 1.82) is 0 Å². The van der Waals surface area contributed by atoms with Gasteiger partial charge in [-0.25, -0.2) is 0 Å². The van der Waals surface area contributed by atoms with Gasteiger partial charge in [0.15, 0.2) is 0 Å². The molecule has 5 heteroatoms. The highest BCUT2D eigenvalue weighted by atomic mass is 16.2. The molecule has 0 bridgehead atoms. The number of aryl methyl sites for hydroxylation is 1. The molecule has 0 N–H and O–H groups in total. The summed E-state index contributed by atoms with van der Waals surface area (Å²) in [6.45, 7) is 9.44. The Balaban J connectivity index is 1.78. The Morgan fingerprint density at radius 3 is 2.78 bits per heavy atom. The lowest BCUT2D eigenvalue weighted by atomic mass is 10.4. The first-order valence-electron chi connectivity index (χ1n) is 6.62. The van der Waals surface area contributed by atoms with Crippen molar-refractivity contribution in [3.63, 3.8) is 0 Å². The molecule has 0 aliphatic carbocycles. The molecular weight excluding hydrogens is 228 g/mol. The van der Waals surface area contributed by atoms with Gasteiger partial charge in [0.2, 0.25) is 5.91 Å². The normalized spacial score (nSPS) is 17.8. The number of hydrogen-bond donors (Lipinski definition) is 0. The lowest BCUT2D eigenvalue weighted by Crippen LogP contribution is -2.34. The molecule has 18 heavy (non-hydrogen) atoms. The molecule has 1 aliphatic rings. The van der Waals surface area contributed by atoms with Crippen LogP contribution < -0.4 is 0 Å². The van der Waals surface area contributed by atoms with Gasteiger partial charge in [0.25, 0.3) is 0 Å². The van der Waals surface area contributed by atoms with E-state index in [-0.39, 0.29) is 5.91 Å². The lowest BCUT2D eigenvalue weighted by molar-refractivity contribution is -0.128. The van der Waals surface area contributed by atoms with E-state index in [1.807, 2.05) is 15.8 Å². The van der Waals surface area contributed by atoms with Gasteiger partial charge in [0, 0.05) is 39.3 Å². The SMILES string of the molecule is CC(=O)N1CCCN(CCn2cc(C)cn2)CC1. The monoisotopic (exact) mass is 250 g/mol. The summed E-state index contributed by atoms with van der Waals surface area (Å²) >= 11 is 0. The Kier molecular flexibility index (Phi) is 4.36. The van der Waals surface area contributed by atoms with Crippen molar-refractivity contribution in [3.8, 4) is 0 Å². The van der Waals surface area contributed by atoms with E-state index in [1.165, 1.54) is 5.56 Å². The number of hydrogen-bond acceptors (Lipinski definition) is 3. The molecule has 5 nitrogen and oxygen atoms in total.